The van der Waals surface area contributed by atoms with Gasteiger partial charge in [0.15, 0.2) is 0 Å². The lowest BCUT2D eigenvalue weighted by atomic mass is 10.2. The minimum absolute atomic E-state index is 0.238. The Kier molecular flexibility index (Phi) is 9.46. The molecule has 5 nitrogen and oxygen atoms in total. The fourth-order valence-electron chi connectivity index (χ4n) is 1.42. The van der Waals surface area contributed by atoms with Crippen LogP contribution in [0.15, 0.2) is 0 Å². The lowest BCUT2D eigenvalue weighted by Crippen LogP contribution is -2.30. The van der Waals surface area contributed by atoms with E-state index in [0.29, 0.717) is 19.5 Å². The van der Waals surface area contributed by atoms with Crippen molar-refractivity contribution >= 4 is 5.97 Å². The summed E-state index contributed by atoms with van der Waals surface area (Å²) in [4.78, 5) is 12.6. The van der Waals surface area contributed by atoms with Gasteiger partial charge in [0.2, 0.25) is 0 Å². The van der Waals surface area contributed by atoms with Crippen LogP contribution in [0.3, 0.4) is 0 Å². The summed E-state index contributed by atoms with van der Waals surface area (Å²) < 4.78 is 0. The molecule has 0 heterocycles. The van der Waals surface area contributed by atoms with Crippen LogP contribution in [0.25, 0.3) is 0 Å². The number of rotatable bonds is 10. The molecule has 0 amide bonds. The van der Waals surface area contributed by atoms with E-state index < -0.39 is 5.97 Å². The predicted molar refractivity (Wildman–Crippen MR) is 60.7 cm³/mol. The second kappa shape index (κ2) is 9.89. The Morgan fingerprint density at radius 2 is 1.47 bits per heavy atom. The zero-order valence-electron chi connectivity index (χ0n) is 9.32. The lowest BCUT2D eigenvalue weighted by molar-refractivity contribution is -0.137. The van der Waals surface area contributed by atoms with Gasteiger partial charge in [-0.05, 0) is 52.0 Å². The second-order valence-corrected chi connectivity index (χ2v) is 3.62. The van der Waals surface area contributed by atoms with Crippen LogP contribution >= 0.6 is 0 Å². The molecular formula is C10H23N3O2. The average Bonchev–Trinajstić information content (AvgIpc) is 2.20. The highest BCUT2D eigenvalue weighted by Crippen LogP contribution is 1.98. The number of nitrogens with zero attached hydrogens (tertiary/aromatic N) is 1. The van der Waals surface area contributed by atoms with E-state index in [0.717, 1.165) is 32.5 Å². The first-order valence-corrected chi connectivity index (χ1v) is 5.55. The molecule has 0 saturated carbocycles. The van der Waals surface area contributed by atoms with Gasteiger partial charge in [0.1, 0.15) is 0 Å². The van der Waals surface area contributed by atoms with Gasteiger partial charge in [-0.15, -0.1) is 0 Å². The van der Waals surface area contributed by atoms with Crippen LogP contribution in [0.4, 0.5) is 0 Å². The molecule has 0 bridgehead atoms. The van der Waals surface area contributed by atoms with Crippen molar-refractivity contribution in [3.8, 4) is 0 Å². The molecule has 0 radical (unpaired) electrons. The largest absolute Gasteiger partial charge is 0.481 e. The van der Waals surface area contributed by atoms with Crippen molar-refractivity contribution in [1.82, 2.24) is 4.90 Å². The van der Waals surface area contributed by atoms with Crippen LogP contribution in [0.5, 0.6) is 0 Å². The van der Waals surface area contributed by atoms with E-state index in [9.17, 15) is 4.79 Å². The van der Waals surface area contributed by atoms with Gasteiger partial charge in [0, 0.05) is 6.42 Å². The number of hydrogen-bond donors (Lipinski definition) is 3. The molecule has 0 spiro atoms. The SMILES string of the molecule is NCCCN(CCCN)CCCC(=O)O. The van der Waals surface area contributed by atoms with Gasteiger partial charge in [0.05, 0.1) is 0 Å². The van der Waals surface area contributed by atoms with Crippen LogP contribution in [0, 0.1) is 0 Å². The standard InChI is InChI=1S/C10H23N3O2/c11-5-2-8-13(9-3-6-12)7-1-4-10(14)15/h1-9,11-12H2,(H,14,15). The minimum atomic E-state index is -0.729. The molecule has 0 fully saturated rings. The molecule has 0 saturated heterocycles. The van der Waals surface area contributed by atoms with Gasteiger partial charge in [-0.2, -0.15) is 0 Å². The summed E-state index contributed by atoms with van der Waals surface area (Å²) in [6.45, 7) is 4.06. The van der Waals surface area contributed by atoms with Crippen LogP contribution in [0.1, 0.15) is 25.7 Å². The van der Waals surface area contributed by atoms with E-state index >= 15 is 0 Å². The molecule has 0 aliphatic heterocycles. The van der Waals surface area contributed by atoms with E-state index in [1.165, 1.54) is 0 Å². The molecular weight excluding hydrogens is 194 g/mol. The molecule has 0 rings (SSSR count). The first-order valence-electron chi connectivity index (χ1n) is 5.55. The maximum absolute atomic E-state index is 10.4. The van der Waals surface area contributed by atoms with Gasteiger partial charge in [-0.1, -0.05) is 0 Å². The molecule has 0 unspecified atom stereocenters. The molecule has 5 N–H and O–H groups in total. The molecule has 5 heteroatoms. The summed E-state index contributed by atoms with van der Waals surface area (Å²) in [7, 11) is 0. The monoisotopic (exact) mass is 217 g/mol. The van der Waals surface area contributed by atoms with Crippen LogP contribution in [-0.4, -0.2) is 48.7 Å². The topological polar surface area (TPSA) is 92.6 Å². The van der Waals surface area contributed by atoms with Crippen LogP contribution in [0.2, 0.25) is 0 Å². The van der Waals surface area contributed by atoms with Crippen LogP contribution in [-0.2, 0) is 4.79 Å². The van der Waals surface area contributed by atoms with E-state index in [1.54, 1.807) is 0 Å². The minimum Gasteiger partial charge on any atom is -0.481 e. The Balaban J connectivity index is 3.63. The third kappa shape index (κ3) is 9.65. The van der Waals surface area contributed by atoms with Crippen LogP contribution < -0.4 is 11.5 Å². The maximum atomic E-state index is 10.4. The maximum Gasteiger partial charge on any atom is 0.303 e. The molecule has 0 aromatic heterocycles. The number of hydrogen-bond acceptors (Lipinski definition) is 4. The Hall–Kier alpha value is -0.650. The Labute approximate surface area is 91.4 Å². The number of nitrogens with two attached hydrogens (primary N) is 2. The molecule has 0 aromatic rings. The van der Waals surface area contributed by atoms with E-state index in [1.807, 2.05) is 0 Å². The quantitative estimate of drug-likeness (QED) is 0.473. The molecule has 0 atom stereocenters. The average molecular weight is 217 g/mol. The van der Waals surface area contributed by atoms with E-state index in [2.05, 4.69) is 4.90 Å². The summed E-state index contributed by atoms with van der Waals surface area (Å²) in [6.07, 6.45) is 2.85. The molecule has 0 aliphatic rings. The summed E-state index contributed by atoms with van der Waals surface area (Å²) in [5, 5.41) is 8.52. The van der Waals surface area contributed by atoms with Crippen molar-refractivity contribution < 1.29 is 9.90 Å². The van der Waals surface area contributed by atoms with Crippen molar-refractivity contribution in [1.29, 1.82) is 0 Å². The molecule has 0 aromatic carbocycles. The van der Waals surface area contributed by atoms with Crippen molar-refractivity contribution in [2.24, 2.45) is 11.5 Å². The first kappa shape index (κ1) is 14.3. The van der Waals surface area contributed by atoms with Gasteiger partial charge in [-0.3, -0.25) is 4.79 Å². The summed E-state index contributed by atoms with van der Waals surface area (Å²) in [6, 6.07) is 0. The van der Waals surface area contributed by atoms with Gasteiger partial charge < -0.3 is 21.5 Å². The normalized spacial score (nSPS) is 10.9. The number of carboxylic acids is 1. The highest BCUT2D eigenvalue weighted by Gasteiger charge is 2.05. The lowest BCUT2D eigenvalue weighted by Gasteiger charge is -2.21. The zero-order chi connectivity index (χ0) is 11.5. The molecule has 0 aliphatic carbocycles. The highest BCUT2D eigenvalue weighted by atomic mass is 16.4. The Bertz CT molecular complexity index is 157. The van der Waals surface area contributed by atoms with E-state index in [-0.39, 0.29) is 6.42 Å². The fourth-order valence-corrected chi connectivity index (χ4v) is 1.42. The van der Waals surface area contributed by atoms with Gasteiger partial charge in [-0.25, -0.2) is 0 Å². The van der Waals surface area contributed by atoms with Crippen molar-refractivity contribution in [3.63, 3.8) is 0 Å². The first-order chi connectivity index (χ1) is 7.20. The fraction of sp³-hybridized carbons (Fsp3) is 0.900. The Morgan fingerprint density at radius 1 is 1.00 bits per heavy atom. The van der Waals surface area contributed by atoms with Gasteiger partial charge >= 0.3 is 5.97 Å². The van der Waals surface area contributed by atoms with Crippen molar-refractivity contribution in [3.05, 3.63) is 0 Å². The molecule has 15 heavy (non-hydrogen) atoms. The second-order valence-electron chi connectivity index (χ2n) is 3.62. The van der Waals surface area contributed by atoms with Gasteiger partial charge in [0.25, 0.3) is 0 Å². The summed E-state index contributed by atoms with van der Waals surface area (Å²) >= 11 is 0. The predicted octanol–water partition coefficient (Wildman–Crippen LogP) is -0.149. The highest BCUT2D eigenvalue weighted by molar-refractivity contribution is 5.66. The van der Waals surface area contributed by atoms with Crippen molar-refractivity contribution in [2.45, 2.75) is 25.7 Å². The molecule has 90 valence electrons. The Morgan fingerprint density at radius 3 is 1.87 bits per heavy atom. The number of carbonyl (C=O) groups is 1. The third-order valence-electron chi connectivity index (χ3n) is 2.22. The summed E-state index contributed by atoms with van der Waals surface area (Å²) in [5.41, 5.74) is 10.9. The third-order valence-corrected chi connectivity index (χ3v) is 2.22. The number of carboxylic acid groups (broad SMARTS) is 1. The van der Waals surface area contributed by atoms with Crippen molar-refractivity contribution in [2.75, 3.05) is 32.7 Å². The zero-order valence-corrected chi connectivity index (χ0v) is 9.32. The van der Waals surface area contributed by atoms with E-state index in [4.69, 9.17) is 16.6 Å². The smallest absolute Gasteiger partial charge is 0.303 e. The summed E-state index contributed by atoms with van der Waals surface area (Å²) in [5.74, 6) is -0.729. The number of aliphatic carboxylic acids is 1.